The van der Waals surface area contributed by atoms with E-state index >= 15 is 0 Å². The molecule has 1 aliphatic rings. The molecule has 0 radical (unpaired) electrons. The maximum absolute atomic E-state index is 11.6. The molecule has 0 saturated heterocycles. The molecule has 11 nitrogen and oxygen atoms in total. The average molecular weight is 452 g/mol. The molecule has 3 rings (SSSR count). The van der Waals surface area contributed by atoms with Crippen LogP contribution < -0.4 is 0 Å². The lowest BCUT2D eigenvalue weighted by Crippen LogP contribution is -2.49. The summed E-state index contributed by atoms with van der Waals surface area (Å²) in [5, 5.41) is 18.2. The first kappa shape index (κ1) is 20.8. The second kappa shape index (κ2) is 6.04. The summed E-state index contributed by atoms with van der Waals surface area (Å²) in [4.78, 5) is -1.89. The first-order valence-corrected chi connectivity index (χ1v) is 11.6. The van der Waals surface area contributed by atoms with Crippen LogP contribution in [0.3, 0.4) is 0 Å². The number of aliphatic hydroxyl groups is 2. The van der Waals surface area contributed by atoms with Crippen LogP contribution in [0.5, 0.6) is 0 Å². The minimum Gasteiger partial charge on any atom is -0.361 e. The Morgan fingerprint density at radius 2 is 1.39 bits per heavy atom. The predicted molar refractivity (Wildman–Crippen MR) is 94.7 cm³/mol. The van der Waals surface area contributed by atoms with Crippen molar-refractivity contribution >= 4 is 47.2 Å². The van der Waals surface area contributed by atoms with Crippen LogP contribution in [0.4, 0.5) is 0 Å². The zero-order valence-electron chi connectivity index (χ0n) is 13.5. The largest absolute Gasteiger partial charge is 0.361 e. The first-order valence-electron chi connectivity index (χ1n) is 7.19. The predicted octanol–water partition coefficient (Wildman–Crippen LogP) is -0.277. The zero-order chi connectivity index (χ0) is 21.3. The van der Waals surface area contributed by atoms with Crippen molar-refractivity contribution in [2.24, 2.45) is 0 Å². The lowest BCUT2D eigenvalue weighted by molar-refractivity contribution is -0.165. The van der Waals surface area contributed by atoms with Crippen molar-refractivity contribution in [1.29, 1.82) is 0 Å². The molecule has 0 aromatic heterocycles. The Balaban J connectivity index is 2.42. The Morgan fingerprint density at radius 3 is 1.89 bits per heavy atom. The summed E-state index contributed by atoms with van der Waals surface area (Å²) in [5.41, 5.74) is -0.799. The zero-order valence-corrected chi connectivity index (χ0v) is 15.9. The summed E-state index contributed by atoms with van der Waals surface area (Å²) in [5.74, 6) is -3.45. The second-order valence-corrected chi connectivity index (χ2v) is 10.4. The fraction of sp³-hybridized carbons (Fsp3) is 0.143. The highest BCUT2D eigenvalue weighted by atomic mass is 32.2. The molecule has 14 heteroatoms. The van der Waals surface area contributed by atoms with Crippen molar-refractivity contribution in [1.82, 2.24) is 0 Å². The Kier molecular flexibility index (Phi) is 4.49. The Labute approximate surface area is 158 Å². The molecule has 0 aliphatic heterocycles. The van der Waals surface area contributed by atoms with Crippen LogP contribution in [0.25, 0.3) is 16.8 Å². The molecule has 0 bridgehead atoms. The van der Waals surface area contributed by atoms with Gasteiger partial charge in [0.25, 0.3) is 30.4 Å². The molecule has 1 aliphatic carbocycles. The number of fused-ring (bicyclic) bond motifs is 2. The Bertz CT molecular complexity index is 1350. The highest BCUT2D eigenvalue weighted by Gasteiger charge is 2.53. The molecule has 1 unspecified atom stereocenters. The highest BCUT2D eigenvalue weighted by Crippen LogP contribution is 2.42. The van der Waals surface area contributed by atoms with Crippen LogP contribution in [-0.4, -0.2) is 54.4 Å². The van der Waals surface area contributed by atoms with Gasteiger partial charge >= 0.3 is 0 Å². The molecule has 1 atom stereocenters. The van der Waals surface area contributed by atoms with Crippen LogP contribution >= 0.6 is 0 Å². The van der Waals surface area contributed by atoms with E-state index in [-0.39, 0.29) is 16.3 Å². The number of hydrogen-bond donors (Lipinski definition) is 5. The molecule has 0 saturated carbocycles. The SMILES string of the molecule is O=S(=O)(O)C1=Cc2cc3cc(S(=O)(=O)O)ccc3cc2C(O)(O)C1S(=O)(=O)O. The van der Waals surface area contributed by atoms with Gasteiger partial charge in [0.1, 0.15) is 0 Å². The van der Waals surface area contributed by atoms with E-state index in [1.54, 1.807) is 0 Å². The first-order chi connectivity index (χ1) is 12.5. The number of benzene rings is 2. The maximum Gasteiger partial charge on any atom is 0.294 e. The van der Waals surface area contributed by atoms with Gasteiger partial charge in [-0.15, -0.1) is 0 Å². The Morgan fingerprint density at radius 1 is 0.786 bits per heavy atom. The molecule has 2 aromatic rings. The summed E-state index contributed by atoms with van der Waals surface area (Å²) in [6.07, 6.45) is 0.605. The van der Waals surface area contributed by atoms with Crippen molar-refractivity contribution in [2.75, 3.05) is 0 Å². The lowest BCUT2D eigenvalue weighted by Gasteiger charge is -2.34. The molecule has 152 valence electrons. The lowest BCUT2D eigenvalue weighted by atomic mass is 9.89. The molecule has 2 aromatic carbocycles. The molecular weight excluding hydrogens is 440 g/mol. The summed E-state index contributed by atoms with van der Waals surface area (Å²) < 4.78 is 96.6. The molecule has 0 fully saturated rings. The van der Waals surface area contributed by atoms with Crippen LogP contribution in [-0.2, 0) is 36.1 Å². The van der Waals surface area contributed by atoms with E-state index in [0.717, 1.165) is 24.3 Å². The number of rotatable bonds is 3. The Hall–Kier alpha value is -1.91. The van der Waals surface area contributed by atoms with E-state index in [4.69, 9.17) is 4.55 Å². The van der Waals surface area contributed by atoms with Gasteiger partial charge in [0.2, 0.25) is 5.79 Å². The summed E-state index contributed by atoms with van der Waals surface area (Å²) in [6, 6.07) is 5.32. The molecule has 0 spiro atoms. The van der Waals surface area contributed by atoms with Gasteiger partial charge in [0.05, 0.1) is 9.80 Å². The topological polar surface area (TPSA) is 204 Å². The van der Waals surface area contributed by atoms with Crippen molar-refractivity contribution < 1.29 is 49.1 Å². The van der Waals surface area contributed by atoms with Crippen LogP contribution in [0.2, 0.25) is 0 Å². The van der Waals surface area contributed by atoms with E-state index in [0.29, 0.717) is 6.08 Å². The van der Waals surface area contributed by atoms with E-state index in [1.807, 2.05) is 0 Å². The van der Waals surface area contributed by atoms with Crippen LogP contribution in [0.1, 0.15) is 11.1 Å². The standard InChI is InChI=1S/C14H12O11S3/c15-14(16)11-5-7-1-2-10(26(17,18)19)4-8(7)3-9(11)6-12(27(20,21)22)13(14)28(23,24)25/h1-6,13,15-16H,(H,17,18,19)(H,20,21,22)(H,23,24,25). The van der Waals surface area contributed by atoms with E-state index in [2.05, 4.69) is 0 Å². The van der Waals surface area contributed by atoms with Crippen molar-refractivity contribution in [3.05, 3.63) is 46.4 Å². The quantitative estimate of drug-likeness (QED) is 0.302. The van der Waals surface area contributed by atoms with Gasteiger partial charge in [0.15, 0.2) is 5.25 Å². The normalized spacial score (nSPS) is 19.9. The minimum absolute atomic E-state index is 0.112. The molecule has 28 heavy (non-hydrogen) atoms. The third-order valence-corrected chi connectivity index (χ3v) is 7.32. The maximum atomic E-state index is 11.6. The number of hydrogen-bond acceptors (Lipinski definition) is 8. The van der Waals surface area contributed by atoms with E-state index < -0.39 is 56.8 Å². The minimum atomic E-state index is -5.41. The van der Waals surface area contributed by atoms with E-state index in [9.17, 15) is 44.6 Å². The van der Waals surface area contributed by atoms with Crippen LogP contribution in [0.15, 0.2) is 40.1 Å². The van der Waals surface area contributed by atoms with Gasteiger partial charge in [-0.1, -0.05) is 6.07 Å². The van der Waals surface area contributed by atoms with Gasteiger partial charge in [-0.05, 0) is 46.7 Å². The van der Waals surface area contributed by atoms with Gasteiger partial charge in [-0.3, -0.25) is 13.7 Å². The fourth-order valence-electron chi connectivity index (χ4n) is 3.02. The van der Waals surface area contributed by atoms with Gasteiger partial charge in [-0.2, -0.15) is 25.3 Å². The van der Waals surface area contributed by atoms with Gasteiger partial charge in [-0.25, -0.2) is 0 Å². The monoisotopic (exact) mass is 452 g/mol. The third-order valence-electron chi connectivity index (χ3n) is 4.19. The average Bonchev–Trinajstić information content (AvgIpc) is 2.49. The highest BCUT2D eigenvalue weighted by molar-refractivity contribution is 7.93. The summed E-state index contributed by atoms with van der Waals surface area (Å²) in [7, 11) is -15.3. The summed E-state index contributed by atoms with van der Waals surface area (Å²) in [6.45, 7) is 0. The van der Waals surface area contributed by atoms with Crippen molar-refractivity contribution in [3.63, 3.8) is 0 Å². The molecular formula is C14H12O11S3. The van der Waals surface area contributed by atoms with E-state index in [1.165, 1.54) is 6.07 Å². The second-order valence-electron chi connectivity index (χ2n) is 6.07. The van der Waals surface area contributed by atoms with Crippen molar-refractivity contribution in [2.45, 2.75) is 15.9 Å². The van der Waals surface area contributed by atoms with Crippen molar-refractivity contribution in [3.8, 4) is 0 Å². The molecule has 0 heterocycles. The molecule has 5 N–H and O–H groups in total. The van der Waals surface area contributed by atoms with Crippen LogP contribution in [0, 0.1) is 0 Å². The van der Waals surface area contributed by atoms with Gasteiger partial charge in [0, 0.05) is 5.56 Å². The molecule has 0 amide bonds. The van der Waals surface area contributed by atoms with Gasteiger partial charge < -0.3 is 10.2 Å². The summed E-state index contributed by atoms with van der Waals surface area (Å²) >= 11 is 0. The smallest absolute Gasteiger partial charge is 0.294 e. The fourth-order valence-corrected chi connectivity index (χ4v) is 5.88. The third kappa shape index (κ3) is 3.44.